The largest absolute Gasteiger partial charge is 0.381 e. The average Bonchev–Trinajstić information content (AvgIpc) is 2.88. The Kier molecular flexibility index (Phi) is 3.91. The van der Waals surface area contributed by atoms with Crippen LogP contribution in [0.3, 0.4) is 0 Å². The highest BCUT2D eigenvalue weighted by Gasteiger charge is 2.35. The van der Waals surface area contributed by atoms with Crippen LogP contribution in [0.25, 0.3) is 0 Å². The van der Waals surface area contributed by atoms with Gasteiger partial charge in [0.15, 0.2) is 0 Å². The van der Waals surface area contributed by atoms with Gasteiger partial charge in [0.2, 0.25) is 0 Å². The lowest BCUT2D eigenvalue weighted by atomic mass is 10.1. The van der Waals surface area contributed by atoms with E-state index >= 15 is 0 Å². The first-order valence-electron chi connectivity index (χ1n) is 6.37. The van der Waals surface area contributed by atoms with Crippen LogP contribution in [0.2, 0.25) is 0 Å². The van der Waals surface area contributed by atoms with E-state index < -0.39 is 0 Å². The van der Waals surface area contributed by atoms with Gasteiger partial charge in [-0.05, 0) is 47.9 Å². The molecule has 1 atom stereocenters. The van der Waals surface area contributed by atoms with Crippen molar-refractivity contribution in [3.63, 3.8) is 0 Å². The van der Waals surface area contributed by atoms with E-state index in [9.17, 15) is 4.79 Å². The Balaban J connectivity index is 1.70. The molecular weight excluding hydrogens is 361 g/mol. The lowest BCUT2D eigenvalue weighted by Gasteiger charge is -2.24. The van der Waals surface area contributed by atoms with Gasteiger partial charge in [-0.15, -0.1) is 11.3 Å². The quantitative estimate of drug-likeness (QED) is 0.756. The smallest absolute Gasteiger partial charge is 0.254 e. The first-order valence-corrected chi connectivity index (χ1v) is 8.32. The second-order valence-corrected chi connectivity index (χ2v) is 7.86. The maximum Gasteiger partial charge on any atom is 0.254 e. The van der Waals surface area contributed by atoms with E-state index in [0.717, 1.165) is 31.7 Å². The van der Waals surface area contributed by atoms with Crippen molar-refractivity contribution in [1.82, 2.24) is 4.90 Å². The second kappa shape index (κ2) is 5.46. The van der Waals surface area contributed by atoms with Crippen LogP contribution in [0.4, 0.5) is 0 Å². The van der Waals surface area contributed by atoms with Gasteiger partial charge in [0.25, 0.3) is 5.91 Å². The molecule has 1 unspecified atom stereocenters. The SMILES string of the molecule is O=C(c1csc(I)c1)N(CC1CCOC1)C1CC1. The Hall–Kier alpha value is -0.140. The summed E-state index contributed by atoms with van der Waals surface area (Å²) in [6, 6.07) is 2.48. The number of carbonyl (C=O) groups excluding carboxylic acids is 1. The van der Waals surface area contributed by atoms with E-state index in [1.165, 1.54) is 15.7 Å². The van der Waals surface area contributed by atoms with Gasteiger partial charge in [-0.25, -0.2) is 0 Å². The number of nitrogens with zero attached hydrogens (tertiary/aromatic N) is 1. The number of hydrogen-bond donors (Lipinski definition) is 0. The van der Waals surface area contributed by atoms with Gasteiger partial charge in [0.1, 0.15) is 0 Å². The molecule has 18 heavy (non-hydrogen) atoms. The van der Waals surface area contributed by atoms with Crippen molar-refractivity contribution in [2.45, 2.75) is 25.3 Å². The summed E-state index contributed by atoms with van der Waals surface area (Å²) in [7, 11) is 0. The highest BCUT2D eigenvalue weighted by molar-refractivity contribution is 14.1. The Morgan fingerprint density at radius 2 is 2.33 bits per heavy atom. The molecule has 0 spiro atoms. The molecule has 1 aliphatic carbocycles. The van der Waals surface area contributed by atoms with Crippen LogP contribution in [0.15, 0.2) is 11.4 Å². The van der Waals surface area contributed by atoms with E-state index in [2.05, 4.69) is 27.5 Å². The molecule has 3 nitrogen and oxygen atoms in total. The van der Waals surface area contributed by atoms with Gasteiger partial charge < -0.3 is 9.64 Å². The summed E-state index contributed by atoms with van der Waals surface area (Å²) in [6.45, 7) is 2.54. The Labute approximate surface area is 125 Å². The van der Waals surface area contributed by atoms with Crippen molar-refractivity contribution in [2.75, 3.05) is 19.8 Å². The van der Waals surface area contributed by atoms with E-state index in [4.69, 9.17) is 4.74 Å². The fourth-order valence-electron chi connectivity index (χ4n) is 2.38. The third-order valence-corrected chi connectivity index (χ3v) is 5.33. The van der Waals surface area contributed by atoms with E-state index in [1.807, 2.05) is 11.4 Å². The molecule has 1 aromatic heterocycles. The molecule has 98 valence electrons. The molecule has 0 N–H and O–H groups in total. The minimum atomic E-state index is 0.212. The van der Waals surface area contributed by atoms with Gasteiger partial charge in [-0.1, -0.05) is 0 Å². The summed E-state index contributed by atoms with van der Waals surface area (Å²) >= 11 is 3.91. The molecule has 5 heteroatoms. The molecule has 0 radical (unpaired) electrons. The predicted octanol–water partition coefficient (Wildman–Crippen LogP) is 2.99. The fourth-order valence-corrected chi connectivity index (χ4v) is 3.70. The van der Waals surface area contributed by atoms with Gasteiger partial charge >= 0.3 is 0 Å². The molecule has 0 aromatic carbocycles. The molecule has 1 aromatic rings. The minimum absolute atomic E-state index is 0.212. The third-order valence-electron chi connectivity index (χ3n) is 3.54. The monoisotopic (exact) mass is 377 g/mol. The zero-order valence-corrected chi connectivity index (χ0v) is 13.1. The zero-order valence-electron chi connectivity index (χ0n) is 10.1. The lowest BCUT2D eigenvalue weighted by Crippen LogP contribution is -2.37. The lowest BCUT2D eigenvalue weighted by molar-refractivity contribution is 0.0707. The van der Waals surface area contributed by atoms with Gasteiger partial charge in [-0.3, -0.25) is 4.79 Å². The number of hydrogen-bond acceptors (Lipinski definition) is 3. The van der Waals surface area contributed by atoms with Crippen molar-refractivity contribution >= 4 is 39.8 Å². The summed E-state index contributed by atoms with van der Waals surface area (Å²) in [4.78, 5) is 14.6. The van der Waals surface area contributed by atoms with Crippen LogP contribution in [-0.4, -0.2) is 36.6 Å². The predicted molar refractivity (Wildman–Crippen MR) is 80.0 cm³/mol. The van der Waals surface area contributed by atoms with Crippen molar-refractivity contribution in [3.8, 4) is 0 Å². The molecule has 2 aliphatic rings. The molecule has 2 fully saturated rings. The highest BCUT2D eigenvalue weighted by atomic mass is 127. The maximum absolute atomic E-state index is 12.5. The first-order chi connectivity index (χ1) is 8.74. The summed E-state index contributed by atoms with van der Waals surface area (Å²) in [5, 5.41) is 1.98. The Bertz CT molecular complexity index is 438. The van der Waals surface area contributed by atoms with E-state index in [0.29, 0.717) is 12.0 Å². The van der Waals surface area contributed by atoms with Crippen LogP contribution >= 0.6 is 33.9 Å². The summed E-state index contributed by atoms with van der Waals surface area (Å²) in [5.41, 5.74) is 0.857. The van der Waals surface area contributed by atoms with Crippen LogP contribution in [-0.2, 0) is 4.74 Å². The van der Waals surface area contributed by atoms with Crippen LogP contribution in [0.1, 0.15) is 29.6 Å². The van der Waals surface area contributed by atoms with Crippen molar-refractivity contribution in [1.29, 1.82) is 0 Å². The topological polar surface area (TPSA) is 29.5 Å². The highest BCUT2D eigenvalue weighted by Crippen LogP contribution is 2.31. The van der Waals surface area contributed by atoms with Gasteiger partial charge in [0, 0.05) is 30.5 Å². The van der Waals surface area contributed by atoms with Crippen LogP contribution in [0.5, 0.6) is 0 Å². The second-order valence-electron chi connectivity index (χ2n) is 5.06. The summed E-state index contributed by atoms with van der Waals surface area (Å²) < 4.78 is 6.59. The average molecular weight is 377 g/mol. The van der Waals surface area contributed by atoms with E-state index in [1.54, 1.807) is 11.3 Å². The van der Waals surface area contributed by atoms with Crippen LogP contribution in [0, 0.1) is 8.80 Å². The van der Waals surface area contributed by atoms with Gasteiger partial charge in [0.05, 0.1) is 15.1 Å². The Morgan fingerprint density at radius 3 is 2.89 bits per heavy atom. The number of halogens is 1. The molecule has 2 heterocycles. The van der Waals surface area contributed by atoms with Crippen molar-refractivity contribution < 1.29 is 9.53 Å². The standard InChI is InChI=1S/C13H16INO2S/c14-12-5-10(8-18-12)13(16)15(11-1-2-11)6-9-3-4-17-7-9/h5,8-9,11H,1-4,6-7H2. The minimum Gasteiger partial charge on any atom is -0.381 e. The number of rotatable bonds is 4. The molecule has 1 amide bonds. The normalized spacial score (nSPS) is 23.3. The molecule has 0 bridgehead atoms. The van der Waals surface area contributed by atoms with Crippen molar-refractivity contribution in [2.24, 2.45) is 5.92 Å². The Morgan fingerprint density at radius 1 is 1.50 bits per heavy atom. The molecule has 1 saturated carbocycles. The summed E-state index contributed by atoms with van der Waals surface area (Å²) in [6.07, 6.45) is 3.43. The van der Waals surface area contributed by atoms with E-state index in [-0.39, 0.29) is 5.91 Å². The number of ether oxygens (including phenoxy) is 1. The fraction of sp³-hybridized carbons (Fsp3) is 0.615. The molecule has 3 rings (SSSR count). The molecule has 1 aliphatic heterocycles. The maximum atomic E-state index is 12.5. The zero-order chi connectivity index (χ0) is 12.5. The van der Waals surface area contributed by atoms with Gasteiger partial charge in [-0.2, -0.15) is 0 Å². The first kappa shape index (κ1) is 12.9. The third kappa shape index (κ3) is 2.88. The summed E-state index contributed by atoms with van der Waals surface area (Å²) in [5.74, 6) is 0.746. The van der Waals surface area contributed by atoms with Crippen molar-refractivity contribution in [3.05, 3.63) is 19.9 Å². The molecular formula is C13H16INO2S. The number of carbonyl (C=O) groups is 1. The molecule has 1 saturated heterocycles. The van der Waals surface area contributed by atoms with Crippen LogP contribution < -0.4 is 0 Å². The number of thiophene rings is 1. The number of amides is 1.